The SMILES string of the molecule is COc1cc(C)c(S(=O)(=O)Nc2c(C)cc(C)cc2C)cc1C. The van der Waals surface area contributed by atoms with E-state index in [0.717, 1.165) is 22.3 Å². The third-order valence-corrected chi connectivity index (χ3v) is 5.39. The fourth-order valence-electron chi connectivity index (χ4n) is 2.80. The zero-order valence-electron chi connectivity index (χ0n) is 14.4. The average molecular weight is 333 g/mol. The summed E-state index contributed by atoms with van der Waals surface area (Å²) in [4.78, 5) is 0.273. The van der Waals surface area contributed by atoms with Gasteiger partial charge in [-0.3, -0.25) is 4.72 Å². The van der Waals surface area contributed by atoms with Gasteiger partial charge in [0.1, 0.15) is 5.75 Å². The van der Waals surface area contributed by atoms with Crippen LogP contribution in [0, 0.1) is 34.6 Å². The van der Waals surface area contributed by atoms with E-state index in [0.29, 0.717) is 17.0 Å². The van der Waals surface area contributed by atoms with Crippen LogP contribution in [0.15, 0.2) is 29.2 Å². The van der Waals surface area contributed by atoms with Crippen LogP contribution in [0.2, 0.25) is 0 Å². The molecule has 0 aliphatic rings. The Kier molecular flexibility index (Phi) is 4.71. The van der Waals surface area contributed by atoms with Gasteiger partial charge < -0.3 is 4.74 Å². The van der Waals surface area contributed by atoms with Crippen molar-refractivity contribution >= 4 is 15.7 Å². The lowest BCUT2D eigenvalue weighted by Crippen LogP contribution is -2.16. The highest BCUT2D eigenvalue weighted by Gasteiger charge is 2.20. The molecule has 0 saturated heterocycles. The molecular weight excluding hydrogens is 310 g/mol. The summed E-state index contributed by atoms with van der Waals surface area (Å²) in [6.07, 6.45) is 0. The fraction of sp³-hybridized carbons (Fsp3) is 0.333. The van der Waals surface area contributed by atoms with Crippen LogP contribution >= 0.6 is 0 Å². The Morgan fingerprint density at radius 2 is 1.39 bits per heavy atom. The molecule has 4 nitrogen and oxygen atoms in total. The molecule has 0 spiro atoms. The summed E-state index contributed by atoms with van der Waals surface area (Å²) in [5.41, 5.74) is 5.02. The number of hydrogen-bond donors (Lipinski definition) is 1. The van der Waals surface area contributed by atoms with E-state index in [2.05, 4.69) is 4.72 Å². The first-order valence-corrected chi connectivity index (χ1v) is 8.90. The summed E-state index contributed by atoms with van der Waals surface area (Å²) >= 11 is 0. The molecule has 0 unspecified atom stereocenters. The van der Waals surface area contributed by atoms with Gasteiger partial charge >= 0.3 is 0 Å². The molecule has 5 heteroatoms. The van der Waals surface area contributed by atoms with Crippen molar-refractivity contribution in [3.8, 4) is 5.75 Å². The molecule has 0 saturated carbocycles. The topological polar surface area (TPSA) is 55.4 Å². The van der Waals surface area contributed by atoms with E-state index in [1.165, 1.54) is 0 Å². The van der Waals surface area contributed by atoms with Gasteiger partial charge in [0, 0.05) is 0 Å². The van der Waals surface area contributed by atoms with E-state index < -0.39 is 10.0 Å². The van der Waals surface area contributed by atoms with E-state index >= 15 is 0 Å². The van der Waals surface area contributed by atoms with Crippen molar-refractivity contribution in [1.29, 1.82) is 0 Å². The summed E-state index contributed by atoms with van der Waals surface area (Å²) in [6.45, 7) is 9.41. The molecule has 0 bridgehead atoms. The molecule has 0 aromatic heterocycles. The van der Waals surface area contributed by atoms with Crippen molar-refractivity contribution in [3.05, 3.63) is 52.1 Å². The highest BCUT2D eigenvalue weighted by Crippen LogP contribution is 2.29. The normalized spacial score (nSPS) is 11.4. The number of ether oxygens (including phenoxy) is 1. The number of nitrogens with one attached hydrogen (secondary N) is 1. The molecule has 2 aromatic carbocycles. The number of anilines is 1. The first-order chi connectivity index (χ1) is 10.7. The van der Waals surface area contributed by atoms with Gasteiger partial charge in [-0.2, -0.15) is 0 Å². The lowest BCUT2D eigenvalue weighted by molar-refractivity contribution is 0.411. The maximum atomic E-state index is 12.8. The Morgan fingerprint density at radius 3 is 1.91 bits per heavy atom. The predicted molar refractivity (Wildman–Crippen MR) is 93.9 cm³/mol. The number of sulfonamides is 1. The minimum absolute atomic E-state index is 0.273. The van der Waals surface area contributed by atoms with Gasteiger partial charge in [-0.05, 0) is 69.0 Å². The van der Waals surface area contributed by atoms with Gasteiger partial charge in [-0.15, -0.1) is 0 Å². The van der Waals surface area contributed by atoms with E-state index in [-0.39, 0.29) is 4.90 Å². The lowest BCUT2D eigenvalue weighted by atomic mass is 10.1. The Bertz CT molecular complexity index is 832. The Balaban J connectivity index is 2.51. The molecule has 124 valence electrons. The van der Waals surface area contributed by atoms with Crippen LogP contribution in [0.1, 0.15) is 27.8 Å². The Hall–Kier alpha value is -2.01. The molecule has 1 N–H and O–H groups in total. The first kappa shape index (κ1) is 17.3. The standard InChI is InChI=1S/C18H23NO3S/c1-11-7-14(4)18(15(5)8-11)19-23(20,21)17-10-12(2)16(22-6)9-13(17)3/h7-10,19H,1-6H3. The molecule has 0 heterocycles. The number of hydrogen-bond acceptors (Lipinski definition) is 3. The van der Waals surface area contributed by atoms with Crippen molar-refractivity contribution in [2.45, 2.75) is 39.5 Å². The summed E-state index contributed by atoms with van der Waals surface area (Å²) in [5.74, 6) is 0.684. The number of rotatable bonds is 4. The average Bonchev–Trinajstić information content (AvgIpc) is 2.44. The van der Waals surface area contributed by atoms with Crippen molar-refractivity contribution in [2.24, 2.45) is 0 Å². The van der Waals surface area contributed by atoms with Crippen molar-refractivity contribution < 1.29 is 13.2 Å². The van der Waals surface area contributed by atoms with Crippen LogP contribution in [0.5, 0.6) is 5.75 Å². The molecule has 0 fully saturated rings. The first-order valence-electron chi connectivity index (χ1n) is 7.41. The van der Waals surface area contributed by atoms with Crippen molar-refractivity contribution in [1.82, 2.24) is 0 Å². The molecule has 0 amide bonds. The minimum atomic E-state index is -3.65. The van der Waals surface area contributed by atoms with E-state index in [4.69, 9.17) is 4.74 Å². The lowest BCUT2D eigenvalue weighted by Gasteiger charge is -2.16. The second-order valence-corrected chi connectivity index (χ2v) is 7.62. The van der Waals surface area contributed by atoms with Crippen LogP contribution in [-0.2, 0) is 10.0 Å². The highest BCUT2D eigenvalue weighted by atomic mass is 32.2. The number of aryl methyl sites for hydroxylation is 5. The largest absolute Gasteiger partial charge is 0.496 e. The van der Waals surface area contributed by atoms with Crippen LogP contribution in [0.3, 0.4) is 0 Å². The Labute approximate surface area is 138 Å². The monoisotopic (exact) mass is 333 g/mol. The maximum absolute atomic E-state index is 12.8. The molecule has 0 radical (unpaired) electrons. The van der Waals surface area contributed by atoms with Gasteiger partial charge in [0.2, 0.25) is 0 Å². The van der Waals surface area contributed by atoms with Crippen LogP contribution in [-0.4, -0.2) is 15.5 Å². The second-order valence-electron chi connectivity index (χ2n) is 5.97. The molecule has 0 atom stereocenters. The predicted octanol–water partition coefficient (Wildman–Crippen LogP) is 4.04. The quantitative estimate of drug-likeness (QED) is 0.919. The zero-order valence-corrected chi connectivity index (χ0v) is 15.3. The van der Waals surface area contributed by atoms with Crippen LogP contribution in [0.4, 0.5) is 5.69 Å². The van der Waals surface area contributed by atoms with Crippen molar-refractivity contribution in [2.75, 3.05) is 11.8 Å². The third kappa shape index (κ3) is 3.50. The maximum Gasteiger partial charge on any atom is 0.262 e. The van der Waals surface area contributed by atoms with Gasteiger partial charge in [-0.25, -0.2) is 8.42 Å². The van der Waals surface area contributed by atoms with Gasteiger partial charge in [0.05, 0.1) is 17.7 Å². The summed E-state index contributed by atoms with van der Waals surface area (Å²) in [6, 6.07) is 7.34. The van der Waals surface area contributed by atoms with Gasteiger partial charge in [0.25, 0.3) is 10.0 Å². The van der Waals surface area contributed by atoms with E-state index in [9.17, 15) is 8.42 Å². The molecule has 0 aliphatic heterocycles. The summed E-state index contributed by atoms with van der Waals surface area (Å²) in [7, 11) is -2.08. The molecule has 2 rings (SSSR count). The third-order valence-electron chi connectivity index (χ3n) is 3.90. The second kappa shape index (κ2) is 6.24. The van der Waals surface area contributed by atoms with Crippen LogP contribution < -0.4 is 9.46 Å². The van der Waals surface area contributed by atoms with Gasteiger partial charge in [0.15, 0.2) is 0 Å². The number of methoxy groups -OCH3 is 1. The smallest absolute Gasteiger partial charge is 0.262 e. The molecule has 0 aliphatic carbocycles. The van der Waals surface area contributed by atoms with E-state index in [1.54, 1.807) is 26.2 Å². The fourth-order valence-corrected chi connectivity index (χ4v) is 4.32. The molecular formula is C18H23NO3S. The van der Waals surface area contributed by atoms with Crippen molar-refractivity contribution in [3.63, 3.8) is 0 Å². The summed E-state index contributed by atoms with van der Waals surface area (Å²) in [5, 5.41) is 0. The highest BCUT2D eigenvalue weighted by molar-refractivity contribution is 7.92. The van der Waals surface area contributed by atoms with Crippen LogP contribution in [0.25, 0.3) is 0 Å². The summed E-state index contributed by atoms with van der Waals surface area (Å²) < 4.78 is 33.6. The zero-order chi connectivity index (χ0) is 17.4. The van der Waals surface area contributed by atoms with Gasteiger partial charge in [-0.1, -0.05) is 17.7 Å². The minimum Gasteiger partial charge on any atom is -0.496 e. The van der Waals surface area contributed by atoms with E-state index in [1.807, 2.05) is 39.8 Å². The molecule has 23 heavy (non-hydrogen) atoms. The Morgan fingerprint density at radius 1 is 0.826 bits per heavy atom. The molecule has 2 aromatic rings. The number of benzene rings is 2.